The first-order valence-corrected chi connectivity index (χ1v) is 10.5. The van der Waals surface area contributed by atoms with Crippen molar-refractivity contribution in [3.05, 3.63) is 30.1 Å². The van der Waals surface area contributed by atoms with Gasteiger partial charge >= 0.3 is 5.97 Å². The van der Waals surface area contributed by atoms with Crippen LogP contribution < -0.4 is 4.74 Å². The second kappa shape index (κ2) is 9.88. The molecule has 0 bridgehead atoms. The van der Waals surface area contributed by atoms with Gasteiger partial charge in [0.1, 0.15) is 10.1 Å². The van der Waals surface area contributed by atoms with Crippen LogP contribution >= 0.6 is 24.0 Å². The molecule has 0 aliphatic carbocycles. The topological polar surface area (TPSA) is 77.7 Å². The van der Waals surface area contributed by atoms with Gasteiger partial charge in [-0.2, -0.15) is 4.98 Å². The van der Waals surface area contributed by atoms with Crippen LogP contribution in [0.4, 0.5) is 0 Å². The number of piperidine rings is 1. The zero-order valence-electron chi connectivity index (χ0n) is 15.9. The lowest BCUT2D eigenvalue weighted by Crippen LogP contribution is -2.35. The lowest BCUT2D eigenvalue weighted by Gasteiger charge is -2.31. The molecular weight excluding hydrogens is 398 g/mol. The van der Waals surface area contributed by atoms with Crippen molar-refractivity contribution in [1.29, 1.82) is 0 Å². The molecule has 0 saturated carbocycles. The molecule has 0 radical (unpaired) electrons. The second-order valence-electron chi connectivity index (χ2n) is 6.63. The maximum Gasteiger partial charge on any atom is 0.316 e. The number of carbonyl (C=O) groups excluding carboxylic acids is 1. The Hall–Kier alpha value is -2.13. The van der Waals surface area contributed by atoms with Gasteiger partial charge in [-0.25, -0.2) is 0 Å². The number of hydrogen-bond donors (Lipinski definition) is 0. The first-order chi connectivity index (χ1) is 13.5. The SMILES string of the molecule is COc1ccc(-c2nc(COC(=O)CSC(=S)N3CCC(C)CC3)no2)cc1. The van der Waals surface area contributed by atoms with Crippen molar-refractivity contribution in [3.63, 3.8) is 0 Å². The van der Waals surface area contributed by atoms with E-state index in [2.05, 4.69) is 22.0 Å². The standard InChI is InChI=1S/C19H23N3O4S2/c1-13-7-9-22(10-8-13)19(27)28-12-17(23)25-11-16-20-18(26-21-16)14-3-5-15(24-2)6-4-14/h3-6,13H,7-12H2,1-2H3. The summed E-state index contributed by atoms with van der Waals surface area (Å²) in [6.07, 6.45) is 2.28. The van der Waals surface area contributed by atoms with Gasteiger partial charge in [-0.3, -0.25) is 4.79 Å². The molecule has 1 aromatic carbocycles. The highest BCUT2D eigenvalue weighted by molar-refractivity contribution is 8.23. The molecule has 1 aliphatic heterocycles. The van der Waals surface area contributed by atoms with E-state index in [-0.39, 0.29) is 18.3 Å². The number of nitrogens with zero attached hydrogens (tertiary/aromatic N) is 3. The fourth-order valence-corrected chi connectivity index (χ4v) is 3.80. The number of thioether (sulfide) groups is 1. The van der Waals surface area contributed by atoms with Crippen LogP contribution in [0.25, 0.3) is 11.5 Å². The number of benzene rings is 1. The Bertz CT molecular complexity index is 802. The molecule has 0 N–H and O–H groups in total. The molecule has 0 unspecified atom stereocenters. The van der Waals surface area contributed by atoms with E-state index < -0.39 is 0 Å². The quantitative estimate of drug-likeness (QED) is 0.514. The Kier molecular flexibility index (Phi) is 7.27. The van der Waals surface area contributed by atoms with Crippen LogP contribution in [0.1, 0.15) is 25.6 Å². The summed E-state index contributed by atoms with van der Waals surface area (Å²) in [6, 6.07) is 7.26. The Balaban J connectivity index is 1.42. The number of esters is 1. The molecule has 2 heterocycles. The Morgan fingerprint density at radius 2 is 2.04 bits per heavy atom. The minimum absolute atomic E-state index is 0.0347. The highest BCUT2D eigenvalue weighted by Crippen LogP contribution is 2.22. The molecule has 150 valence electrons. The minimum Gasteiger partial charge on any atom is -0.497 e. The molecule has 7 nitrogen and oxygen atoms in total. The van der Waals surface area contributed by atoms with Gasteiger partial charge in [0.2, 0.25) is 5.82 Å². The highest BCUT2D eigenvalue weighted by atomic mass is 32.2. The molecule has 28 heavy (non-hydrogen) atoms. The Morgan fingerprint density at radius 3 is 2.71 bits per heavy atom. The predicted octanol–water partition coefficient (Wildman–Crippen LogP) is 3.54. The van der Waals surface area contributed by atoms with Crippen LogP contribution in [-0.4, -0.2) is 51.3 Å². The number of rotatable bonds is 6. The average molecular weight is 422 g/mol. The third-order valence-electron chi connectivity index (χ3n) is 4.52. The number of hydrogen-bond acceptors (Lipinski definition) is 8. The van der Waals surface area contributed by atoms with E-state index in [0.717, 1.165) is 47.5 Å². The Labute approximate surface area is 173 Å². The zero-order valence-corrected chi connectivity index (χ0v) is 17.6. The molecule has 0 amide bonds. The van der Waals surface area contributed by atoms with Crippen LogP contribution in [0.2, 0.25) is 0 Å². The van der Waals surface area contributed by atoms with Crippen molar-refractivity contribution >= 4 is 34.3 Å². The van der Waals surface area contributed by atoms with Crippen molar-refractivity contribution in [2.75, 3.05) is 26.0 Å². The number of ether oxygens (including phenoxy) is 2. The van der Waals surface area contributed by atoms with Crippen molar-refractivity contribution in [2.24, 2.45) is 5.92 Å². The average Bonchev–Trinajstić information content (AvgIpc) is 3.20. The summed E-state index contributed by atoms with van der Waals surface area (Å²) in [5, 5.41) is 3.85. The largest absolute Gasteiger partial charge is 0.497 e. The van der Waals surface area contributed by atoms with Crippen molar-refractivity contribution < 1.29 is 18.8 Å². The lowest BCUT2D eigenvalue weighted by atomic mass is 10.00. The molecule has 1 saturated heterocycles. The van der Waals surface area contributed by atoms with Crippen LogP contribution in [0, 0.1) is 5.92 Å². The van der Waals surface area contributed by atoms with Crippen molar-refractivity contribution in [2.45, 2.75) is 26.4 Å². The van der Waals surface area contributed by atoms with E-state index in [0.29, 0.717) is 11.7 Å². The van der Waals surface area contributed by atoms with Gasteiger partial charge < -0.3 is 18.9 Å². The first kappa shape index (κ1) is 20.6. The third-order valence-corrected chi connectivity index (χ3v) is 6.02. The summed E-state index contributed by atoms with van der Waals surface area (Å²) in [7, 11) is 1.60. The number of methoxy groups -OCH3 is 1. The molecule has 0 atom stereocenters. The van der Waals surface area contributed by atoms with Gasteiger partial charge in [-0.15, -0.1) is 0 Å². The maximum atomic E-state index is 12.0. The monoisotopic (exact) mass is 421 g/mol. The van der Waals surface area contributed by atoms with Gasteiger partial charge in [-0.1, -0.05) is 36.1 Å². The lowest BCUT2D eigenvalue weighted by molar-refractivity contribution is -0.141. The molecule has 2 aromatic rings. The molecule has 0 spiro atoms. The summed E-state index contributed by atoms with van der Waals surface area (Å²) in [6.45, 7) is 4.13. The number of likely N-dealkylation sites (tertiary alicyclic amines) is 1. The van der Waals surface area contributed by atoms with E-state index in [1.165, 1.54) is 11.8 Å². The summed E-state index contributed by atoms with van der Waals surface area (Å²) in [5.41, 5.74) is 0.766. The summed E-state index contributed by atoms with van der Waals surface area (Å²) >= 11 is 6.76. The summed E-state index contributed by atoms with van der Waals surface area (Å²) < 4.78 is 16.3. The van der Waals surface area contributed by atoms with Crippen LogP contribution in [0.5, 0.6) is 5.75 Å². The highest BCUT2D eigenvalue weighted by Gasteiger charge is 2.19. The number of aromatic nitrogens is 2. The third kappa shape index (κ3) is 5.68. The van der Waals surface area contributed by atoms with E-state index in [1.54, 1.807) is 7.11 Å². The normalized spacial score (nSPS) is 14.7. The van der Waals surface area contributed by atoms with Gasteiger partial charge in [0.15, 0.2) is 6.61 Å². The molecule has 1 fully saturated rings. The number of thiocarbonyl (C=S) groups is 1. The van der Waals surface area contributed by atoms with Crippen molar-refractivity contribution in [3.8, 4) is 17.2 Å². The fraction of sp³-hybridized carbons (Fsp3) is 0.474. The number of carbonyl (C=O) groups is 1. The molecule has 9 heteroatoms. The minimum atomic E-state index is -0.353. The van der Waals surface area contributed by atoms with E-state index in [9.17, 15) is 4.79 Å². The van der Waals surface area contributed by atoms with E-state index in [1.807, 2.05) is 24.3 Å². The fourth-order valence-electron chi connectivity index (χ4n) is 2.75. The molecular formula is C19H23N3O4S2. The van der Waals surface area contributed by atoms with Gasteiger partial charge in [0.25, 0.3) is 5.89 Å². The van der Waals surface area contributed by atoms with Gasteiger partial charge in [-0.05, 0) is 43.0 Å². The maximum absolute atomic E-state index is 12.0. The molecule has 3 rings (SSSR count). The summed E-state index contributed by atoms with van der Waals surface area (Å²) in [4.78, 5) is 18.4. The van der Waals surface area contributed by atoms with Gasteiger partial charge in [0, 0.05) is 18.7 Å². The predicted molar refractivity (Wildman–Crippen MR) is 111 cm³/mol. The van der Waals surface area contributed by atoms with Crippen LogP contribution in [0.15, 0.2) is 28.8 Å². The molecule has 1 aliphatic rings. The van der Waals surface area contributed by atoms with Crippen LogP contribution in [-0.2, 0) is 16.1 Å². The van der Waals surface area contributed by atoms with Gasteiger partial charge in [0.05, 0.1) is 12.9 Å². The van der Waals surface area contributed by atoms with E-state index >= 15 is 0 Å². The second-order valence-corrected chi connectivity index (χ2v) is 8.24. The zero-order chi connectivity index (χ0) is 19.9. The van der Waals surface area contributed by atoms with E-state index in [4.69, 9.17) is 26.2 Å². The van der Waals surface area contributed by atoms with Crippen LogP contribution in [0.3, 0.4) is 0 Å². The first-order valence-electron chi connectivity index (χ1n) is 9.09. The Morgan fingerprint density at radius 1 is 1.32 bits per heavy atom. The smallest absolute Gasteiger partial charge is 0.316 e. The van der Waals surface area contributed by atoms with Crippen molar-refractivity contribution in [1.82, 2.24) is 15.0 Å². The molecule has 1 aromatic heterocycles. The summed E-state index contributed by atoms with van der Waals surface area (Å²) in [5.74, 6) is 1.99.